The Balaban J connectivity index is 1.86. The van der Waals surface area contributed by atoms with Gasteiger partial charge in [0.05, 0.1) is 5.54 Å². The zero-order chi connectivity index (χ0) is 11.0. The highest BCUT2D eigenvalue weighted by atomic mass is 32.2. The lowest BCUT2D eigenvalue weighted by atomic mass is 9.92. The highest BCUT2D eigenvalue weighted by Gasteiger charge is 2.40. The molecule has 1 saturated heterocycles. The summed E-state index contributed by atoms with van der Waals surface area (Å²) >= 11 is 3.92. The summed E-state index contributed by atoms with van der Waals surface area (Å²) in [7, 11) is 0. The van der Waals surface area contributed by atoms with Gasteiger partial charge in [-0.3, -0.25) is 0 Å². The zero-order valence-corrected chi connectivity index (χ0v) is 11.3. The molecular weight excluding hydrogens is 236 g/mol. The van der Waals surface area contributed by atoms with Gasteiger partial charge in [-0.15, -0.1) is 11.3 Å². The van der Waals surface area contributed by atoms with Gasteiger partial charge in [-0.2, -0.15) is 11.8 Å². The van der Waals surface area contributed by atoms with Crippen LogP contribution in [0.5, 0.6) is 0 Å². The summed E-state index contributed by atoms with van der Waals surface area (Å²) in [5.74, 6) is 2.55. The molecule has 0 amide bonds. The van der Waals surface area contributed by atoms with Crippen molar-refractivity contribution in [3.8, 4) is 0 Å². The average Bonchev–Trinajstić information content (AvgIpc) is 2.99. The van der Waals surface area contributed by atoms with Gasteiger partial charge in [0, 0.05) is 17.1 Å². The highest BCUT2D eigenvalue weighted by Crippen LogP contribution is 2.40. The first-order chi connectivity index (χ1) is 7.78. The summed E-state index contributed by atoms with van der Waals surface area (Å²) in [6.07, 6.45) is 5.22. The first-order valence-corrected chi connectivity index (χ1v) is 8.10. The molecule has 88 valence electrons. The number of aromatic nitrogens is 1. The van der Waals surface area contributed by atoms with Crippen molar-refractivity contribution < 1.29 is 0 Å². The van der Waals surface area contributed by atoms with Crippen LogP contribution in [0.3, 0.4) is 0 Å². The van der Waals surface area contributed by atoms with Crippen LogP contribution in [0.25, 0.3) is 0 Å². The van der Waals surface area contributed by atoms with Gasteiger partial charge >= 0.3 is 0 Å². The third kappa shape index (κ3) is 2.15. The summed E-state index contributed by atoms with van der Waals surface area (Å²) in [5.41, 5.74) is 1.39. The maximum Gasteiger partial charge on any atom is 0.113 e. The monoisotopic (exact) mass is 254 g/mol. The molecule has 0 bridgehead atoms. The minimum absolute atomic E-state index is 0.214. The second kappa shape index (κ2) is 4.31. The van der Waals surface area contributed by atoms with Gasteiger partial charge in [-0.05, 0) is 44.1 Å². The van der Waals surface area contributed by atoms with Crippen LogP contribution < -0.4 is 5.32 Å². The molecule has 2 aliphatic rings. The van der Waals surface area contributed by atoms with E-state index in [1.54, 1.807) is 0 Å². The molecule has 0 radical (unpaired) electrons. The van der Waals surface area contributed by atoms with Gasteiger partial charge in [-0.25, -0.2) is 4.98 Å². The number of hydrogen-bond acceptors (Lipinski definition) is 4. The van der Waals surface area contributed by atoms with Crippen LogP contribution in [-0.4, -0.2) is 22.5 Å². The molecule has 2 nitrogen and oxygen atoms in total. The number of aryl methyl sites for hydroxylation is 1. The molecule has 0 spiro atoms. The smallest absolute Gasteiger partial charge is 0.113 e. The van der Waals surface area contributed by atoms with Crippen molar-refractivity contribution in [2.24, 2.45) is 0 Å². The Bertz CT molecular complexity index is 365. The molecule has 1 aliphatic carbocycles. The van der Waals surface area contributed by atoms with Gasteiger partial charge in [-0.1, -0.05) is 0 Å². The number of rotatable bonds is 3. The normalized spacial score (nSPS) is 24.6. The SMILES string of the molecule is Cc1csc(C2(NC3CC3)CCSCC2)n1. The largest absolute Gasteiger partial charge is 0.303 e. The van der Waals surface area contributed by atoms with Crippen LogP contribution >= 0.6 is 23.1 Å². The fourth-order valence-corrected chi connectivity index (χ4v) is 4.54. The van der Waals surface area contributed by atoms with E-state index < -0.39 is 0 Å². The highest BCUT2D eigenvalue weighted by molar-refractivity contribution is 7.99. The second-order valence-electron chi connectivity index (χ2n) is 4.91. The summed E-state index contributed by atoms with van der Waals surface area (Å²) in [5, 5.41) is 7.39. The molecule has 1 N–H and O–H groups in total. The maximum absolute atomic E-state index is 4.73. The molecule has 1 aromatic rings. The standard InChI is InChI=1S/C12H18N2S2/c1-9-8-16-11(13-9)12(14-10-2-3-10)4-6-15-7-5-12/h8,10,14H,2-7H2,1H3. The lowest BCUT2D eigenvalue weighted by Crippen LogP contribution is -2.46. The van der Waals surface area contributed by atoms with Crippen molar-refractivity contribution in [2.45, 2.75) is 44.2 Å². The van der Waals surface area contributed by atoms with Crippen LogP contribution in [0.15, 0.2) is 5.38 Å². The molecule has 3 rings (SSSR count). The lowest BCUT2D eigenvalue weighted by molar-refractivity contribution is 0.302. The maximum atomic E-state index is 4.73. The summed E-state index contributed by atoms with van der Waals surface area (Å²) in [6, 6.07) is 0.771. The molecule has 16 heavy (non-hydrogen) atoms. The van der Waals surface area contributed by atoms with E-state index in [1.165, 1.54) is 47.9 Å². The van der Waals surface area contributed by atoms with Gasteiger partial charge in [0.15, 0.2) is 0 Å². The van der Waals surface area contributed by atoms with Crippen LogP contribution in [0, 0.1) is 6.92 Å². The molecule has 2 fully saturated rings. The van der Waals surface area contributed by atoms with E-state index in [2.05, 4.69) is 29.4 Å². The van der Waals surface area contributed by atoms with Crippen LogP contribution in [0.2, 0.25) is 0 Å². The van der Waals surface area contributed by atoms with Gasteiger partial charge in [0.1, 0.15) is 5.01 Å². The van der Waals surface area contributed by atoms with Crippen molar-refractivity contribution in [1.82, 2.24) is 10.3 Å². The molecular formula is C12H18N2S2. The minimum atomic E-state index is 0.214. The van der Waals surface area contributed by atoms with E-state index in [4.69, 9.17) is 4.98 Å². The lowest BCUT2D eigenvalue weighted by Gasteiger charge is -2.36. The fraction of sp³-hybridized carbons (Fsp3) is 0.750. The Morgan fingerprint density at radius 3 is 2.69 bits per heavy atom. The summed E-state index contributed by atoms with van der Waals surface area (Å²) in [4.78, 5) is 4.73. The third-order valence-electron chi connectivity index (χ3n) is 3.43. The van der Waals surface area contributed by atoms with E-state index in [1.807, 2.05) is 11.3 Å². The van der Waals surface area contributed by atoms with Crippen LogP contribution in [0.1, 0.15) is 36.4 Å². The molecule has 1 aromatic heterocycles. The minimum Gasteiger partial charge on any atom is -0.303 e. The number of nitrogens with one attached hydrogen (secondary N) is 1. The first-order valence-electron chi connectivity index (χ1n) is 6.07. The number of thioether (sulfide) groups is 1. The van der Waals surface area contributed by atoms with E-state index in [0.717, 1.165) is 6.04 Å². The van der Waals surface area contributed by atoms with Crippen LogP contribution in [-0.2, 0) is 5.54 Å². The Kier molecular flexibility index (Phi) is 2.98. The number of nitrogens with zero attached hydrogens (tertiary/aromatic N) is 1. The van der Waals surface area contributed by atoms with E-state index >= 15 is 0 Å². The van der Waals surface area contributed by atoms with E-state index in [9.17, 15) is 0 Å². The third-order valence-corrected chi connectivity index (χ3v) is 5.58. The molecule has 0 unspecified atom stereocenters. The van der Waals surface area contributed by atoms with Crippen molar-refractivity contribution in [3.05, 3.63) is 16.1 Å². The van der Waals surface area contributed by atoms with Crippen molar-refractivity contribution in [3.63, 3.8) is 0 Å². The summed E-state index contributed by atoms with van der Waals surface area (Å²) in [6.45, 7) is 2.10. The Labute approximate surface area is 105 Å². The predicted octanol–water partition coefficient (Wildman–Crippen LogP) is 2.93. The zero-order valence-electron chi connectivity index (χ0n) is 9.66. The van der Waals surface area contributed by atoms with Crippen molar-refractivity contribution >= 4 is 23.1 Å². The van der Waals surface area contributed by atoms with Gasteiger partial charge in [0.25, 0.3) is 0 Å². The quantitative estimate of drug-likeness (QED) is 0.898. The first kappa shape index (κ1) is 11.1. The van der Waals surface area contributed by atoms with Crippen LogP contribution in [0.4, 0.5) is 0 Å². The molecule has 2 heterocycles. The molecule has 0 atom stereocenters. The molecule has 0 aromatic carbocycles. The van der Waals surface area contributed by atoms with Crippen molar-refractivity contribution in [2.75, 3.05) is 11.5 Å². The number of thiazole rings is 1. The summed E-state index contributed by atoms with van der Waals surface area (Å²) < 4.78 is 0. The second-order valence-corrected chi connectivity index (χ2v) is 6.99. The molecule has 1 saturated carbocycles. The molecule has 4 heteroatoms. The van der Waals surface area contributed by atoms with Gasteiger partial charge < -0.3 is 5.32 Å². The topological polar surface area (TPSA) is 24.9 Å². The number of hydrogen-bond donors (Lipinski definition) is 1. The Morgan fingerprint density at radius 2 is 2.12 bits per heavy atom. The fourth-order valence-electron chi connectivity index (χ4n) is 2.33. The molecule has 1 aliphatic heterocycles. The average molecular weight is 254 g/mol. The van der Waals surface area contributed by atoms with Gasteiger partial charge in [0.2, 0.25) is 0 Å². The van der Waals surface area contributed by atoms with E-state index in [-0.39, 0.29) is 5.54 Å². The van der Waals surface area contributed by atoms with Crippen molar-refractivity contribution in [1.29, 1.82) is 0 Å². The Hall–Kier alpha value is -0.0600. The predicted molar refractivity (Wildman–Crippen MR) is 71.2 cm³/mol. The Morgan fingerprint density at radius 1 is 1.38 bits per heavy atom. The van der Waals surface area contributed by atoms with E-state index in [0.29, 0.717) is 0 Å².